The Morgan fingerprint density at radius 3 is 2.55 bits per heavy atom. The number of fused-ring (bicyclic) bond motifs is 1. The number of amides is 1. The van der Waals surface area contributed by atoms with Crippen molar-refractivity contribution in [1.29, 1.82) is 0 Å². The average Bonchev–Trinajstić information content (AvgIpc) is 3.03. The van der Waals surface area contributed by atoms with Gasteiger partial charge < -0.3 is 5.32 Å². The van der Waals surface area contributed by atoms with E-state index in [0.717, 1.165) is 16.8 Å². The zero-order chi connectivity index (χ0) is 20.5. The molecule has 4 rings (SSSR count). The molecule has 0 bridgehead atoms. The summed E-state index contributed by atoms with van der Waals surface area (Å²) in [4.78, 5) is 17.9. The van der Waals surface area contributed by atoms with Crippen LogP contribution in [0, 0.1) is 19.7 Å². The van der Waals surface area contributed by atoms with Gasteiger partial charge in [0.25, 0.3) is 5.91 Å². The second kappa shape index (κ2) is 7.47. The van der Waals surface area contributed by atoms with Crippen LogP contribution in [-0.4, -0.2) is 20.7 Å². The van der Waals surface area contributed by atoms with Crippen molar-refractivity contribution in [2.75, 3.05) is 5.32 Å². The van der Waals surface area contributed by atoms with Crippen molar-refractivity contribution >= 4 is 22.6 Å². The lowest BCUT2D eigenvalue weighted by molar-refractivity contribution is 0.102. The molecule has 6 heteroatoms. The Hall–Kier alpha value is -3.54. The maximum Gasteiger partial charge on any atom is 0.256 e. The first-order chi connectivity index (χ1) is 14.0. The first-order valence-electron chi connectivity index (χ1n) is 9.48. The predicted molar refractivity (Wildman–Crippen MR) is 112 cm³/mol. The number of nitrogens with zero attached hydrogens (tertiary/aromatic N) is 3. The van der Waals surface area contributed by atoms with Gasteiger partial charge in [-0.05, 0) is 45.0 Å². The minimum Gasteiger partial charge on any atom is -0.322 e. The lowest BCUT2D eigenvalue weighted by Crippen LogP contribution is -2.13. The Bertz CT molecular complexity index is 1210. The SMILES string of the molecule is CCn1nc(C)c2c(C(=O)Nc3cccc(F)c3)cc(-c3ccc(C)cc3)nc21. The van der Waals surface area contributed by atoms with E-state index in [1.807, 2.05) is 45.0 Å². The number of rotatable bonds is 4. The molecule has 0 radical (unpaired) electrons. The number of aryl methyl sites for hydroxylation is 3. The highest BCUT2D eigenvalue weighted by molar-refractivity contribution is 6.13. The molecule has 0 saturated carbocycles. The van der Waals surface area contributed by atoms with Crippen molar-refractivity contribution in [3.63, 3.8) is 0 Å². The van der Waals surface area contributed by atoms with E-state index in [2.05, 4.69) is 10.4 Å². The third-order valence-corrected chi connectivity index (χ3v) is 4.85. The fourth-order valence-corrected chi connectivity index (χ4v) is 3.39. The summed E-state index contributed by atoms with van der Waals surface area (Å²) in [5, 5.41) is 8.03. The summed E-state index contributed by atoms with van der Waals surface area (Å²) in [6, 6.07) is 15.6. The first-order valence-corrected chi connectivity index (χ1v) is 9.48. The summed E-state index contributed by atoms with van der Waals surface area (Å²) >= 11 is 0. The van der Waals surface area contributed by atoms with Crippen LogP contribution in [-0.2, 0) is 6.54 Å². The Kier molecular flexibility index (Phi) is 4.84. The highest BCUT2D eigenvalue weighted by Crippen LogP contribution is 2.28. The zero-order valence-corrected chi connectivity index (χ0v) is 16.5. The molecule has 2 aromatic heterocycles. The van der Waals surface area contributed by atoms with Crippen molar-refractivity contribution in [2.24, 2.45) is 0 Å². The van der Waals surface area contributed by atoms with Crippen molar-refractivity contribution < 1.29 is 9.18 Å². The largest absolute Gasteiger partial charge is 0.322 e. The van der Waals surface area contributed by atoms with E-state index in [0.29, 0.717) is 34.5 Å². The van der Waals surface area contributed by atoms with Crippen LogP contribution in [0.4, 0.5) is 10.1 Å². The second-order valence-electron chi connectivity index (χ2n) is 6.99. The van der Waals surface area contributed by atoms with Crippen LogP contribution >= 0.6 is 0 Å². The Morgan fingerprint density at radius 2 is 1.86 bits per heavy atom. The highest BCUT2D eigenvalue weighted by Gasteiger charge is 2.20. The number of hydrogen-bond donors (Lipinski definition) is 1. The Balaban J connectivity index is 1.87. The molecule has 0 aliphatic rings. The number of benzene rings is 2. The van der Waals surface area contributed by atoms with Crippen molar-refractivity contribution in [3.8, 4) is 11.3 Å². The van der Waals surface area contributed by atoms with Crippen molar-refractivity contribution in [3.05, 3.63) is 77.2 Å². The molecule has 0 spiro atoms. The van der Waals surface area contributed by atoms with Gasteiger partial charge in [-0.15, -0.1) is 0 Å². The number of aromatic nitrogens is 3. The van der Waals surface area contributed by atoms with Crippen LogP contribution in [0.15, 0.2) is 54.6 Å². The van der Waals surface area contributed by atoms with E-state index in [1.54, 1.807) is 22.9 Å². The lowest BCUT2D eigenvalue weighted by Gasteiger charge is -2.10. The molecule has 1 N–H and O–H groups in total. The van der Waals surface area contributed by atoms with Gasteiger partial charge in [-0.1, -0.05) is 35.9 Å². The molecular weight excluding hydrogens is 367 g/mol. The van der Waals surface area contributed by atoms with Gasteiger partial charge in [0.2, 0.25) is 0 Å². The number of carbonyl (C=O) groups is 1. The Labute approximate surface area is 168 Å². The van der Waals surface area contributed by atoms with Crippen molar-refractivity contribution in [2.45, 2.75) is 27.3 Å². The van der Waals surface area contributed by atoms with Gasteiger partial charge in [0.1, 0.15) is 5.82 Å². The summed E-state index contributed by atoms with van der Waals surface area (Å²) in [6.45, 7) is 6.51. The molecular formula is C23H21FN4O. The molecule has 29 heavy (non-hydrogen) atoms. The van der Waals surface area contributed by atoms with E-state index in [4.69, 9.17) is 4.98 Å². The summed E-state index contributed by atoms with van der Waals surface area (Å²) in [7, 11) is 0. The second-order valence-corrected chi connectivity index (χ2v) is 6.99. The first kappa shape index (κ1) is 18.8. The number of hydrogen-bond acceptors (Lipinski definition) is 3. The van der Waals surface area contributed by atoms with Gasteiger partial charge in [0, 0.05) is 17.8 Å². The summed E-state index contributed by atoms with van der Waals surface area (Å²) in [5.41, 5.74) is 5.01. The number of anilines is 1. The Morgan fingerprint density at radius 1 is 1.10 bits per heavy atom. The predicted octanol–water partition coefficient (Wildman–Crippen LogP) is 5.13. The third-order valence-electron chi connectivity index (χ3n) is 4.85. The van der Waals surface area contributed by atoms with E-state index < -0.39 is 5.82 Å². The quantitative estimate of drug-likeness (QED) is 0.527. The molecule has 5 nitrogen and oxygen atoms in total. The normalized spacial score (nSPS) is 11.0. The van der Waals surface area contributed by atoms with Crippen LogP contribution in [0.25, 0.3) is 22.3 Å². The maximum absolute atomic E-state index is 13.5. The molecule has 4 aromatic rings. The van der Waals surface area contributed by atoms with Crippen LogP contribution in [0.1, 0.15) is 28.5 Å². The van der Waals surface area contributed by atoms with Gasteiger partial charge in [-0.2, -0.15) is 5.10 Å². The number of halogens is 1. The molecule has 0 fully saturated rings. The number of nitrogens with one attached hydrogen (secondary N) is 1. The fourth-order valence-electron chi connectivity index (χ4n) is 3.39. The summed E-state index contributed by atoms with van der Waals surface area (Å²) < 4.78 is 15.3. The van der Waals surface area contributed by atoms with E-state index in [-0.39, 0.29) is 5.91 Å². The molecule has 2 aromatic carbocycles. The minimum atomic E-state index is -0.405. The van der Waals surface area contributed by atoms with E-state index >= 15 is 0 Å². The molecule has 2 heterocycles. The molecule has 146 valence electrons. The zero-order valence-electron chi connectivity index (χ0n) is 16.5. The topological polar surface area (TPSA) is 59.8 Å². The van der Waals surface area contributed by atoms with Crippen LogP contribution in [0.5, 0.6) is 0 Å². The smallest absolute Gasteiger partial charge is 0.256 e. The number of carbonyl (C=O) groups excluding carboxylic acids is 1. The van der Waals surface area contributed by atoms with Gasteiger partial charge in [-0.25, -0.2) is 14.1 Å². The van der Waals surface area contributed by atoms with Gasteiger partial charge >= 0.3 is 0 Å². The molecule has 0 aliphatic carbocycles. The highest BCUT2D eigenvalue weighted by atomic mass is 19.1. The third kappa shape index (κ3) is 3.61. The fraction of sp³-hybridized carbons (Fsp3) is 0.174. The van der Waals surface area contributed by atoms with Gasteiger partial charge in [0.05, 0.1) is 22.3 Å². The van der Waals surface area contributed by atoms with E-state index in [9.17, 15) is 9.18 Å². The number of pyridine rings is 1. The van der Waals surface area contributed by atoms with E-state index in [1.165, 1.54) is 12.1 Å². The minimum absolute atomic E-state index is 0.324. The van der Waals surface area contributed by atoms with Crippen molar-refractivity contribution in [1.82, 2.24) is 14.8 Å². The van der Waals surface area contributed by atoms with Gasteiger partial charge in [-0.3, -0.25) is 4.79 Å². The monoisotopic (exact) mass is 388 g/mol. The standard InChI is InChI=1S/C23H21FN4O/c1-4-28-22-21(15(3)27-28)19(23(29)25-18-7-5-6-17(24)12-18)13-20(26-22)16-10-8-14(2)9-11-16/h5-13H,4H2,1-3H3,(H,25,29). The molecule has 0 atom stereocenters. The van der Waals surface area contributed by atoms with Crippen LogP contribution < -0.4 is 5.32 Å². The van der Waals surface area contributed by atoms with Crippen LogP contribution in [0.2, 0.25) is 0 Å². The molecule has 0 unspecified atom stereocenters. The van der Waals surface area contributed by atoms with Crippen LogP contribution in [0.3, 0.4) is 0 Å². The average molecular weight is 388 g/mol. The molecule has 0 aliphatic heterocycles. The van der Waals surface area contributed by atoms with Gasteiger partial charge in [0.15, 0.2) is 5.65 Å². The lowest BCUT2D eigenvalue weighted by atomic mass is 10.0. The summed E-state index contributed by atoms with van der Waals surface area (Å²) in [5.74, 6) is -0.729. The summed E-state index contributed by atoms with van der Waals surface area (Å²) in [6.07, 6.45) is 0. The molecule has 0 saturated heterocycles. The maximum atomic E-state index is 13.5. The molecule has 1 amide bonds.